The molecule has 5 nitrogen and oxygen atoms in total. The van der Waals surface area contributed by atoms with Crippen molar-refractivity contribution in [3.63, 3.8) is 0 Å². The summed E-state index contributed by atoms with van der Waals surface area (Å²) in [6, 6.07) is 5.28. The summed E-state index contributed by atoms with van der Waals surface area (Å²) in [4.78, 5) is 11.9. The molecule has 0 saturated carbocycles. The molecule has 2 atom stereocenters. The molecule has 5 heteroatoms. The molecule has 2 unspecified atom stereocenters. The van der Waals surface area contributed by atoms with Crippen molar-refractivity contribution in [2.24, 2.45) is 5.92 Å². The average Bonchev–Trinajstić information content (AvgIpc) is 2.71. The lowest BCUT2D eigenvalue weighted by molar-refractivity contribution is -0.155. The number of esters is 1. The molecule has 1 aromatic rings. The van der Waals surface area contributed by atoms with E-state index in [1.165, 1.54) is 7.11 Å². The second kappa shape index (κ2) is 6.35. The maximum Gasteiger partial charge on any atom is 0.311 e. The van der Waals surface area contributed by atoms with Crippen LogP contribution in [0.1, 0.15) is 32.3 Å². The molecule has 0 fully saturated rings. The predicted molar refractivity (Wildman–Crippen MR) is 77.4 cm³/mol. The highest BCUT2D eigenvalue weighted by atomic mass is 16.5. The van der Waals surface area contributed by atoms with E-state index in [0.717, 1.165) is 6.42 Å². The number of hydrogen-bond donors (Lipinski definition) is 1. The predicted octanol–water partition coefficient (Wildman–Crippen LogP) is 2.25. The van der Waals surface area contributed by atoms with E-state index in [-0.39, 0.29) is 0 Å². The molecule has 0 radical (unpaired) electrons. The molecule has 2 rings (SSSR count). The molecule has 1 aliphatic heterocycles. The van der Waals surface area contributed by atoms with Gasteiger partial charge in [0.25, 0.3) is 0 Å². The van der Waals surface area contributed by atoms with Crippen LogP contribution in [0.5, 0.6) is 11.5 Å². The Bertz CT molecular complexity index is 509. The van der Waals surface area contributed by atoms with E-state index in [1.54, 1.807) is 25.1 Å². The van der Waals surface area contributed by atoms with Gasteiger partial charge in [0.1, 0.15) is 5.60 Å². The molecule has 0 aliphatic carbocycles. The minimum atomic E-state index is -1.33. The van der Waals surface area contributed by atoms with Crippen LogP contribution in [-0.4, -0.2) is 31.4 Å². The second-order valence-corrected chi connectivity index (χ2v) is 5.34. The van der Waals surface area contributed by atoms with E-state index >= 15 is 0 Å². The number of ether oxygens (including phenoxy) is 3. The second-order valence-electron chi connectivity index (χ2n) is 5.34. The van der Waals surface area contributed by atoms with Gasteiger partial charge in [-0.3, -0.25) is 4.79 Å². The fourth-order valence-electron chi connectivity index (χ4n) is 2.62. The summed E-state index contributed by atoms with van der Waals surface area (Å²) in [6.07, 6.45) is 1.30. The first-order valence-corrected chi connectivity index (χ1v) is 7.21. The van der Waals surface area contributed by atoms with Crippen molar-refractivity contribution >= 4 is 5.97 Å². The van der Waals surface area contributed by atoms with Gasteiger partial charge in [-0.15, -0.1) is 0 Å². The van der Waals surface area contributed by atoms with E-state index in [9.17, 15) is 9.90 Å². The van der Waals surface area contributed by atoms with Gasteiger partial charge in [-0.25, -0.2) is 0 Å². The van der Waals surface area contributed by atoms with E-state index < -0.39 is 17.5 Å². The van der Waals surface area contributed by atoms with Crippen LogP contribution in [0.3, 0.4) is 0 Å². The van der Waals surface area contributed by atoms with Gasteiger partial charge in [-0.2, -0.15) is 0 Å². The van der Waals surface area contributed by atoms with Crippen LogP contribution < -0.4 is 9.47 Å². The average molecular weight is 294 g/mol. The van der Waals surface area contributed by atoms with Crippen LogP contribution in [0.2, 0.25) is 0 Å². The maximum atomic E-state index is 11.9. The Morgan fingerprint density at radius 1 is 1.38 bits per heavy atom. The quantitative estimate of drug-likeness (QED) is 0.863. The summed E-state index contributed by atoms with van der Waals surface area (Å²) in [6.45, 7) is 4.66. The van der Waals surface area contributed by atoms with Crippen LogP contribution in [-0.2, 0) is 15.1 Å². The molecule has 0 saturated heterocycles. The minimum Gasteiger partial charge on any atom is -0.490 e. The summed E-state index contributed by atoms with van der Waals surface area (Å²) in [5.41, 5.74) is -0.712. The number of benzene rings is 1. The highest BCUT2D eigenvalue weighted by Crippen LogP contribution is 2.38. The highest BCUT2D eigenvalue weighted by molar-refractivity contribution is 5.74. The lowest BCUT2D eigenvalue weighted by Gasteiger charge is -2.31. The Hall–Kier alpha value is -1.75. The third kappa shape index (κ3) is 3.13. The molecule has 1 N–H and O–H groups in total. The summed E-state index contributed by atoms with van der Waals surface area (Å²) < 4.78 is 16.0. The normalized spacial score (nSPS) is 18.3. The van der Waals surface area contributed by atoms with Gasteiger partial charge in [0.15, 0.2) is 11.5 Å². The molecule has 1 aromatic carbocycles. The smallest absolute Gasteiger partial charge is 0.311 e. The highest BCUT2D eigenvalue weighted by Gasteiger charge is 2.39. The Morgan fingerprint density at radius 3 is 2.67 bits per heavy atom. The third-order valence-corrected chi connectivity index (χ3v) is 3.90. The summed E-state index contributed by atoms with van der Waals surface area (Å²) in [5.74, 6) is 0.213. The molecular weight excluding hydrogens is 272 g/mol. The van der Waals surface area contributed by atoms with Gasteiger partial charge in [0, 0.05) is 6.42 Å². The number of hydrogen-bond acceptors (Lipinski definition) is 5. The van der Waals surface area contributed by atoms with E-state index in [0.29, 0.717) is 36.7 Å². The molecule has 0 aromatic heterocycles. The van der Waals surface area contributed by atoms with Crippen molar-refractivity contribution < 1.29 is 24.1 Å². The Labute approximate surface area is 124 Å². The van der Waals surface area contributed by atoms with Gasteiger partial charge in [-0.05, 0) is 31.0 Å². The number of carbonyl (C=O) groups excluding carboxylic acids is 1. The molecule has 0 bridgehead atoms. The van der Waals surface area contributed by atoms with E-state index in [2.05, 4.69) is 0 Å². The van der Waals surface area contributed by atoms with Gasteiger partial charge in [0.2, 0.25) is 0 Å². The monoisotopic (exact) mass is 294 g/mol. The zero-order valence-electron chi connectivity index (χ0n) is 12.7. The Balaban J connectivity index is 2.35. The Kier molecular flexibility index (Phi) is 4.73. The lowest BCUT2D eigenvalue weighted by Crippen LogP contribution is -2.37. The SMILES string of the molecule is CCC(C(=O)OC)C(C)(O)c1ccc2c(c1)OCCCO2. The summed E-state index contributed by atoms with van der Waals surface area (Å²) >= 11 is 0. The number of carbonyl (C=O) groups is 1. The van der Waals surface area contributed by atoms with Gasteiger partial charge < -0.3 is 19.3 Å². The maximum absolute atomic E-state index is 11.9. The molecule has 116 valence electrons. The van der Waals surface area contributed by atoms with Gasteiger partial charge in [-0.1, -0.05) is 13.0 Å². The molecule has 0 amide bonds. The number of aliphatic hydroxyl groups is 1. The number of fused-ring (bicyclic) bond motifs is 1. The number of rotatable bonds is 4. The van der Waals surface area contributed by atoms with Crippen LogP contribution in [0.25, 0.3) is 0 Å². The first kappa shape index (κ1) is 15.6. The largest absolute Gasteiger partial charge is 0.490 e. The van der Waals surface area contributed by atoms with Crippen LogP contribution in [0, 0.1) is 5.92 Å². The van der Waals surface area contributed by atoms with E-state index in [4.69, 9.17) is 14.2 Å². The van der Waals surface area contributed by atoms with Crippen molar-refractivity contribution in [1.29, 1.82) is 0 Å². The fraction of sp³-hybridized carbons (Fsp3) is 0.562. The van der Waals surface area contributed by atoms with Crippen LogP contribution in [0.15, 0.2) is 18.2 Å². The van der Waals surface area contributed by atoms with Crippen molar-refractivity contribution in [1.82, 2.24) is 0 Å². The molecule has 21 heavy (non-hydrogen) atoms. The van der Waals surface area contributed by atoms with Crippen molar-refractivity contribution in [3.8, 4) is 11.5 Å². The van der Waals surface area contributed by atoms with Crippen molar-refractivity contribution in [2.45, 2.75) is 32.3 Å². The van der Waals surface area contributed by atoms with Gasteiger partial charge in [0.05, 0.1) is 26.2 Å². The fourth-order valence-corrected chi connectivity index (χ4v) is 2.62. The first-order valence-electron chi connectivity index (χ1n) is 7.21. The molecular formula is C16H22O5. The topological polar surface area (TPSA) is 65.0 Å². The zero-order chi connectivity index (χ0) is 15.5. The summed E-state index contributed by atoms with van der Waals surface area (Å²) in [5, 5.41) is 10.8. The van der Waals surface area contributed by atoms with Crippen molar-refractivity contribution in [2.75, 3.05) is 20.3 Å². The van der Waals surface area contributed by atoms with Gasteiger partial charge >= 0.3 is 5.97 Å². The Morgan fingerprint density at radius 2 is 2.05 bits per heavy atom. The molecule has 0 spiro atoms. The van der Waals surface area contributed by atoms with E-state index in [1.807, 2.05) is 6.92 Å². The zero-order valence-corrected chi connectivity index (χ0v) is 12.7. The third-order valence-electron chi connectivity index (χ3n) is 3.90. The van der Waals surface area contributed by atoms with Crippen LogP contribution >= 0.6 is 0 Å². The lowest BCUT2D eigenvalue weighted by atomic mass is 9.81. The van der Waals surface area contributed by atoms with Crippen LogP contribution in [0.4, 0.5) is 0 Å². The molecule has 1 aliphatic rings. The number of methoxy groups -OCH3 is 1. The minimum absolute atomic E-state index is 0.422. The molecule has 1 heterocycles. The standard InChI is InChI=1S/C16H22O5/c1-4-12(15(17)19-3)16(2,18)11-6-7-13-14(10-11)21-9-5-8-20-13/h6-7,10,12,18H,4-5,8-9H2,1-3H3. The first-order chi connectivity index (χ1) is 10.0. The summed E-state index contributed by atoms with van der Waals surface area (Å²) in [7, 11) is 1.33. The van der Waals surface area contributed by atoms with Crippen molar-refractivity contribution in [3.05, 3.63) is 23.8 Å².